The van der Waals surface area contributed by atoms with Crippen molar-refractivity contribution in [2.24, 2.45) is 0 Å². The van der Waals surface area contributed by atoms with Crippen LogP contribution in [-0.4, -0.2) is 24.1 Å². The van der Waals surface area contributed by atoms with Crippen molar-refractivity contribution < 1.29 is 36.6 Å². The lowest BCUT2D eigenvalue weighted by Gasteiger charge is -2.22. The van der Waals surface area contributed by atoms with E-state index < -0.39 is 30.6 Å². The van der Waals surface area contributed by atoms with Gasteiger partial charge in [0.15, 0.2) is 23.4 Å². The Morgan fingerprint density at radius 2 is 1.57 bits per heavy atom. The Balaban J connectivity index is 1.72. The molecule has 11 heteroatoms. The number of anilines is 1. The van der Waals surface area contributed by atoms with Crippen molar-refractivity contribution in [3.63, 3.8) is 0 Å². The van der Waals surface area contributed by atoms with Crippen LogP contribution in [0.5, 0.6) is 11.5 Å². The van der Waals surface area contributed by atoms with E-state index in [0.29, 0.717) is 33.9 Å². The monoisotopic (exact) mass is 555 g/mol. The van der Waals surface area contributed by atoms with Gasteiger partial charge in [-0.15, -0.1) is 0 Å². The van der Waals surface area contributed by atoms with Gasteiger partial charge in [0.05, 0.1) is 6.54 Å². The molecule has 0 saturated carbocycles. The molecule has 208 valence electrons. The molecule has 2 aromatic carbocycles. The van der Waals surface area contributed by atoms with Gasteiger partial charge in [0.25, 0.3) is 0 Å². The topological polar surface area (TPSA) is 78.6 Å². The molecule has 1 amide bonds. The number of halogens is 4. The van der Waals surface area contributed by atoms with Crippen LogP contribution in [0.25, 0.3) is 0 Å². The summed E-state index contributed by atoms with van der Waals surface area (Å²) < 4.78 is 61.4. The molecule has 1 unspecified atom stereocenters. The van der Waals surface area contributed by atoms with Crippen LogP contribution in [0.2, 0.25) is 0 Å². The zero-order chi connectivity index (χ0) is 28.6. The molecule has 0 bridgehead atoms. The Bertz CT molecular complexity index is 1420. The molecule has 0 aliphatic rings. The molecule has 0 radical (unpaired) electrons. The molecule has 0 aliphatic carbocycles. The van der Waals surface area contributed by atoms with Gasteiger partial charge in [-0.3, -0.25) is 9.69 Å². The summed E-state index contributed by atoms with van der Waals surface area (Å²) in [5.74, 6) is -1.58. The summed E-state index contributed by atoms with van der Waals surface area (Å²) in [6.07, 6.45) is 2.97. The van der Waals surface area contributed by atoms with E-state index in [2.05, 4.69) is 14.5 Å². The summed E-state index contributed by atoms with van der Waals surface area (Å²) in [4.78, 5) is 18.4. The van der Waals surface area contributed by atoms with Crippen LogP contribution in [0, 0.1) is 5.21 Å². The normalized spacial score (nSPS) is 11.9. The molecular weight excluding hydrogens is 530 g/mol. The van der Waals surface area contributed by atoms with E-state index in [4.69, 9.17) is 0 Å². The highest BCUT2D eigenvalue weighted by Gasteiger charge is 2.24. The second kappa shape index (κ2) is 12.9. The molecular formula is C29H25F4N3O4. The standard InChI is InChI=1S/C29H25F4N3O4/c1-19(37)35(18-20-7-3-2-4-8-20)27-13-11-22(17-34-27)24(16-23-9-5-6-14-36(23)38)21-10-12-25(39-28(30)31)26(15-21)40-29(32)33/h2-15,17,24,28-29H,16,18H2,1H3. The Hall–Kier alpha value is -4.67. The quantitative estimate of drug-likeness (QED) is 0.132. The SMILES string of the molecule is CC(=O)N(Cc1ccccc1)c1ccc(C(Cc2cccc[n+]2[O-])c2ccc(OC(F)F)c(OC(F)F)c2)cn1. The van der Waals surface area contributed by atoms with Crippen LogP contribution in [0.4, 0.5) is 23.4 Å². The fourth-order valence-electron chi connectivity index (χ4n) is 4.26. The van der Waals surface area contributed by atoms with Crippen LogP contribution >= 0.6 is 0 Å². The molecule has 4 aromatic rings. The van der Waals surface area contributed by atoms with Crippen molar-refractivity contribution in [3.05, 3.63) is 119 Å². The number of aromatic nitrogens is 2. The minimum absolute atomic E-state index is 0.120. The highest BCUT2D eigenvalue weighted by molar-refractivity contribution is 5.90. The van der Waals surface area contributed by atoms with Crippen molar-refractivity contribution in [1.29, 1.82) is 0 Å². The lowest BCUT2D eigenvalue weighted by atomic mass is 9.88. The molecule has 7 nitrogen and oxygen atoms in total. The Labute approximate surface area is 227 Å². The molecule has 4 rings (SSSR count). The molecule has 1 atom stereocenters. The van der Waals surface area contributed by atoms with E-state index in [1.807, 2.05) is 30.3 Å². The first-order valence-corrected chi connectivity index (χ1v) is 12.2. The van der Waals surface area contributed by atoms with Gasteiger partial charge in [-0.2, -0.15) is 22.3 Å². The average molecular weight is 556 g/mol. The number of nitrogens with zero attached hydrogens (tertiary/aromatic N) is 3. The maximum absolute atomic E-state index is 13.1. The van der Waals surface area contributed by atoms with Crippen molar-refractivity contribution >= 4 is 11.7 Å². The van der Waals surface area contributed by atoms with E-state index in [-0.39, 0.29) is 12.3 Å². The molecule has 2 heterocycles. The molecule has 0 saturated heterocycles. The number of alkyl halides is 4. The zero-order valence-corrected chi connectivity index (χ0v) is 21.3. The maximum Gasteiger partial charge on any atom is 0.387 e. The predicted octanol–water partition coefficient (Wildman–Crippen LogP) is 5.85. The van der Waals surface area contributed by atoms with Crippen molar-refractivity contribution in [2.45, 2.75) is 39.0 Å². The van der Waals surface area contributed by atoms with Crippen LogP contribution in [0.15, 0.2) is 91.3 Å². The third-order valence-corrected chi connectivity index (χ3v) is 6.13. The first-order chi connectivity index (χ1) is 19.2. The fourth-order valence-corrected chi connectivity index (χ4v) is 4.26. The van der Waals surface area contributed by atoms with E-state index in [0.717, 1.165) is 11.6 Å². The van der Waals surface area contributed by atoms with E-state index in [1.165, 1.54) is 36.4 Å². The Kier molecular flexibility index (Phi) is 9.15. The summed E-state index contributed by atoms with van der Waals surface area (Å²) in [7, 11) is 0. The molecule has 0 fully saturated rings. The summed E-state index contributed by atoms with van der Waals surface area (Å²) in [6.45, 7) is -4.80. The number of benzene rings is 2. The van der Waals surface area contributed by atoms with Gasteiger partial charge in [-0.1, -0.05) is 48.5 Å². The Morgan fingerprint density at radius 3 is 2.20 bits per heavy atom. The highest BCUT2D eigenvalue weighted by atomic mass is 19.3. The first-order valence-electron chi connectivity index (χ1n) is 12.2. The minimum atomic E-state index is -3.28. The second-order valence-corrected chi connectivity index (χ2v) is 8.78. The molecule has 2 aromatic heterocycles. The van der Waals surface area contributed by atoms with E-state index in [9.17, 15) is 27.6 Å². The van der Waals surface area contributed by atoms with Gasteiger partial charge < -0.3 is 14.7 Å². The van der Waals surface area contributed by atoms with Crippen LogP contribution in [0.3, 0.4) is 0 Å². The second-order valence-electron chi connectivity index (χ2n) is 8.78. The number of amides is 1. The first kappa shape index (κ1) is 28.3. The van der Waals surface area contributed by atoms with Crippen LogP contribution in [0.1, 0.15) is 35.2 Å². The Morgan fingerprint density at radius 1 is 0.900 bits per heavy atom. The van der Waals surface area contributed by atoms with Gasteiger partial charge in [0.1, 0.15) is 5.82 Å². The number of pyridine rings is 2. The zero-order valence-electron chi connectivity index (χ0n) is 21.3. The van der Waals surface area contributed by atoms with Crippen molar-refractivity contribution in [1.82, 2.24) is 4.98 Å². The third kappa shape index (κ3) is 7.25. The minimum Gasteiger partial charge on any atom is -0.619 e. The number of hydrogen-bond acceptors (Lipinski definition) is 5. The summed E-state index contributed by atoms with van der Waals surface area (Å²) in [5, 5.41) is 12.4. The van der Waals surface area contributed by atoms with Crippen molar-refractivity contribution in [2.75, 3.05) is 4.90 Å². The third-order valence-electron chi connectivity index (χ3n) is 6.13. The van der Waals surface area contributed by atoms with Crippen LogP contribution in [-0.2, 0) is 17.8 Å². The summed E-state index contributed by atoms with van der Waals surface area (Å²) in [6, 6.07) is 21.3. The number of ether oxygens (including phenoxy) is 2. The molecule has 0 spiro atoms. The highest BCUT2D eigenvalue weighted by Crippen LogP contribution is 2.37. The lowest BCUT2D eigenvalue weighted by Crippen LogP contribution is -2.32. The number of hydrogen-bond donors (Lipinski definition) is 0. The number of carbonyl (C=O) groups is 1. The van der Waals surface area contributed by atoms with Gasteiger partial charge in [-0.05, 0) is 34.9 Å². The number of carbonyl (C=O) groups excluding carboxylic acids is 1. The molecule has 0 N–H and O–H groups in total. The summed E-state index contributed by atoms with van der Waals surface area (Å²) >= 11 is 0. The fraction of sp³-hybridized carbons (Fsp3) is 0.207. The van der Waals surface area contributed by atoms with Gasteiger partial charge in [0.2, 0.25) is 5.91 Å². The smallest absolute Gasteiger partial charge is 0.387 e. The number of rotatable bonds is 11. The summed E-state index contributed by atoms with van der Waals surface area (Å²) in [5.41, 5.74) is 2.25. The predicted molar refractivity (Wildman–Crippen MR) is 138 cm³/mol. The molecule has 40 heavy (non-hydrogen) atoms. The maximum atomic E-state index is 13.1. The van der Waals surface area contributed by atoms with Crippen LogP contribution < -0.4 is 19.1 Å². The van der Waals surface area contributed by atoms with Gasteiger partial charge in [-0.25, -0.2) is 4.98 Å². The average Bonchev–Trinajstić information content (AvgIpc) is 2.92. The molecule has 0 aliphatic heterocycles. The van der Waals surface area contributed by atoms with E-state index >= 15 is 0 Å². The van der Waals surface area contributed by atoms with Crippen molar-refractivity contribution in [3.8, 4) is 11.5 Å². The van der Waals surface area contributed by atoms with Gasteiger partial charge in [0, 0.05) is 37.6 Å². The van der Waals surface area contributed by atoms with Gasteiger partial charge >= 0.3 is 13.2 Å². The lowest BCUT2D eigenvalue weighted by molar-refractivity contribution is -0.614. The van der Waals surface area contributed by atoms with E-state index in [1.54, 1.807) is 30.3 Å². The largest absolute Gasteiger partial charge is 0.619 e.